The number of halogens is 4. The van der Waals surface area contributed by atoms with Crippen LogP contribution in [0.4, 0.5) is 19.0 Å². The van der Waals surface area contributed by atoms with E-state index in [4.69, 9.17) is 11.0 Å². The molecular weight excluding hydrogens is 279 g/mol. The van der Waals surface area contributed by atoms with E-state index in [2.05, 4.69) is 25.7 Å². The first-order valence-corrected chi connectivity index (χ1v) is 4.24. The van der Waals surface area contributed by atoms with Crippen molar-refractivity contribution in [1.29, 1.82) is 5.26 Å². The summed E-state index contributed by atoms with van der Waals surface area (Å²) in [5, 5.41) is 8.53. The number of nitrogens with two attached hydrogens (primary N) is 1. The van der Waals surface area contributed by atoms with Crippen molar-refractivity contribution in [3.63, 3.8) is 0 Å². The Hall–Kier alpha value is -1.49. The first-order valence-electron chi connectivity index (χ1n) is 3.45. The summed E-state index contributed by atoms with van der Waals surface area (Å²) < 4.78 is 39.2. The molecule has 0 unspecified atom stereocenters. The number of ether oxygens (including phenoxy) is 1. The molecule has 0 radical (unpaired) electrons. The maximum absolute atomic E-state index is 11.9. The lowest BCUT2D eigenvalue weighted by Crippen LogP contribution is -2.18. The Labute approximate surface area is 90.6 Å². The van der Waals surface area contributed by atoms with E-state index in [1.165, 1.54) is 0 Å². The molecule has 1 aromatic heterocycles. The predicted octanol–water partition coefficient (Wildman–Crippen LogP) is 2.20. The summed E-state index contributed by atoms with van der Waals surface area (Å²) in [7, 11) is 0. The van der Waals surface area contributed by atoms with E-state index < -0.39 is 12.1 Å². The van der Waals surface area contributed by atoms with Crippen LogP contribution >= 0.6 is 15.9 Å². The van der Waals surface area contributed by atoms with Gasteiger partial charge in [0.25, 0.3) is 0 Å². The SMILES string of the molecule is N#Cc1nc(N)cc(OC(F)(F)F)c1Br. The van der Waals surface area contributed by atoms with Crippen LogP contribution in [0, 0.1) is 11.3 Å². The van der Waals surface area contributed by atoms with Crippen LogP contribution in [0.5, 0.6) is 5.75 Å². The van der Waals surface area contributed by atoms with Crippen molar-refractivity contribution >= 4 is 21.7 Å². The maximum atomic E-state index is 11.9. The Balaban J connectivity index is 3.20. The second kappa shape index (κ2) is 3.94. The molecule has 0 aliphatic carbocycles. The molecule has 8 heteroatoms. The minimum absolute atomic E-state index is 0.184. The van der Waals surface area contributed by atoms with Crippen LogP contribution in [-0.4, -0.2) is 11.3 Å². The standard InChI is InChI=1S/C7H3BrF3N3O/c8-6-3(2-12)14-5(13)1-4(6)15-7(9,10)11/h1H,(H2,13,14). The van der Waals surface area contributed by atoms with Gasteiger partial charge < -0.3 is 10.5 Å². The molecule has 0 saturated heterocycles. The summed E-state index contributed by atoms with van der Waals surface area (Å²) in [6, 6.07) is 2.45. The van der Waals surface area contributed by atoms with Crippen molar-refractivity contribution in [1.82, 2.24) is 4.98 Å². The van der Waals surface area contributed by atoms with Crippen molar-refractivity contribution in [2.45, 2.75) is 6.36 Å². The van der Waals surface area contributed by atoms with E-state index in [0.29, 0.717) is 0 Å². The highest BCUT2D eigenvalue weighted by molar-refractivity contribution is 9.10. The Bertz CT molecular complexity index is 427. The van der Waals surface area contributed by atoms with Crippen LogP contribution in [0.1, 0.15) is 5.69 Å². The van der Waals surface area contributed by atoms with E-state index in [9.17, 15) is 13.2 Å². The second-order valence-corrected chi connectivity index (χ2v) is 3.16. The molecule has 1 rings (SSSR count). The smallest absolute Gasteiger partial charge is 0.404 e. The third-order valence-corrected chi connectivity index (χ3v) is 2.04. The number of anilines is 1. The number of nitriles is 1. The number of pyridine rings is 1. The van der Waals surface area contributed by atoms with Crippen LogP contribution in [0.2, 0.25) is 0 Å². The molecule has 80 valence electrons. The number of hydrogen-bond donors (Lipinski definition) is 1. The largest absolute Gasteiger partial charge is 0.573 e. The van der Waals surface area contributed by atoms with E-state index in [1.54, 1.807) is 6.07 Å². The number of nitrogen functional groups attached to an aromatic ring is 1. The Morgan fingerprint density at radius 1 is 1.53 bits per heavy atom. The highest BCUT2D eigenvalue weighted by Crippen LogP contribution is 2.33. The molecule has 15 heavy (non-hydrogen) atoms. The zero-order chi connectivity index (χ0) is 11.6. The summed E-state index contributed by atoms with van der Waals surface area (Å²) in [6.07, 6.45) is -4.84. The van der Waals surface area contributed by atoms with Crippen molar-refractivity contribution in [3.8, 4) is 11.8 Å². The molecule has 4 nitrogen and oxygen atoms in total. The van der Waals surface area contributed by atoms with E-state index in [1.807, 2.05) is 0 Å². The number of rotatable bonds is 1. The monoisotopic (exact) mass is 281 g/mol. The first kappa shape index (κ1) is 11.6. The number of aromatic nitrogens is 1. The molecule has 0 spiro atoms. The van der Waals surface area contributed by atoms with Crippen LogP contribution in [0.15, 0.2) is 10.5 Å². The minimum atomic E-state index is -4.84. The summed E-state index contributed by atoms with van der Waals surface area (Å²) in [5.41, 5.74) is 4.92. The van der Waals surface area contributed by atoms with Crippen LogP contribution in [0.25, 0.3) is 0 Å². The van der Waals surface area contributed by atoms with Crippen molar-refractivity contribution in [2.24, 2.45) is 0 Å². The van der Waals surface area contributed by atoms with Gasteiger partial charge in [-0.25, -0.2) is 4.98 Å². The van der Waals surface area contributed by atoms with Gasteiger partial charge in [-0.1, -0.05) is 0 Å². The first-order chi connectivity index (χ1) is 6.83. The van der Waals surface area contributed by atoms with Gasteiger partial charge in [0.15, 0.2) is 5.69 Å². The molecule has 0 bridgehead atoms. The lowest BCUT2D eigenvalue weighted by Gasteiger charge is -2.11. The van der Waals surface area contributed by atoms with E-state index >= 15 is 0 Å². The van der Waals surface area contributed by atoms with Gasteiger partial charge in [-0.2, -0.15) is 5.26 Å². The average molecular weight is 282 g/mol. The highest BCUT2D eigenvalue weighted by Gasteiger charge is 2.32. The molecule has 0 saturated carbocycles. The molecule has 1 heterocycles. The number of nitrogens with zero attached hydrogens (tertiary/aromatic N) is 2. The fourth-order valence-corrected chi connectivity index (χ4v) is 1.17. The van der Waals surface area contributed by atoms with Crippen LogP contribution < -0.4 is 10.5 Å². The van der Waals surface area contributed by atoms with Gasteiger partial charge in [0.2, 0.25) is 0 Å². The number of hydrogen-bond acceptors (Lipinski definition) is 4. The fourth-order valence-electron chi connectivity index (χ4n) is 0.798. The van der Waals surface area contributed by atoms with Gasteiger partial charge in [-0.3, -0.25) is 0 Å². The Morgan fingerprint density at radius 2 is 2.13 bits per heavy atom. The van der Waals surface area contributed by atoms with Crippen molar-refractivity contribution in [2.75, 3.05) is 5.73 Å². The highest BCUT2D eigenvalue weighted by atomic mass is 79.9. The third kappa shape index (κ3) is 2.99. The Kier molecular flexibility index (Phi) is 3.04. The summed E-state index contributed by atoms with van der Waals surface area (Å²) >= 11 is 2.76. The van der Waals surface area contributed by atoms with Crippen molar-refractivity contribution < 1.29 is 17.9 Å². The fraction of sp³-hybridized carbons (Fsp3) is 0.143. The molecule has 0 fully saturated rings. The normalized spacial score (nSPS) is 10.9. The molecule has 0 aromatic carbocycles. The molecule has 0 amide bonds. The van der Waals surface area contributed by atoms with Gasteiger partial charge in [0.1, 0.15) is 17.6 Å². The average Bonchev–Trinajstić information content (AvgIpc) is 2.08. The molecule has 0 aliphatic heterocycles. The second-order valence-electron chi connectivity index (χ2n) is 2.37. The van der Waals surface area contributed by atoms with Gasteiger partial charge in [-0.15, -0.1) is 13.2 Å². The lowest BCUT2D eigenvalue weighted by atomic mass is 10.3. The van der Waals surface area contributed by atoms with Gasteiger partial charge in [0, 0.05) is 6.07 Å². The molecule has 0 aliphatic rings. The number of alkyl halides is 3. The topological polar surface area (TPSA) is 71.9 Å². The minimum Gasteiger partial charge on any atom is -0.404 e. The van der Waals surface area contributed by atoms with Gasteiger partial charge in [0.05, 0.1) is 4.47 Å². The van der Waals surface area contributed by atoms with Crippen molar-refractivity contribution in [3.05, 3.63) is 16.2 Å². The quantitative estimate of drug-likeness (QED) is 0.857. The van der Waals surface area contributed by atoms with Gasteiger partial charge >= 0.3 is 6.36 Å². The lowest BCUT2D eigenvalue weighted by molar-refractivity contribution is -0.274. The Morgan fingerprint density at radius 3 is 2.60 bits per heavy atom. The zero-order valence-electron chi connectivity index (χ0n) is 6.97. The van der Waals surface area contributed by atoms with Crippen LogP contribution in [0.3, 0.4) is 0 Å². The van der Waals surface area contributed by atoms with Crippen LogP contribution in [-0.2, 0) is 0 Å². The molecule has 0 atom stereocenters. The molecular formula is C7H3BrF3N3O. The molecule has 1 aromatic rings. The van der Waals surface area contributed by atoms with Gasteiger partial charge in [-0.05, 0) is 15.9 Å². The summed E-state index contributed by atoms with van der Waals surface area (Å²) in [6.45, 7) is 0. The van der Waals surface area contributed by atoms with E-state index in [0.717, 1.165) is 6.07 Å². The maximum Gasteiger partial charge on any atom is 0.573 e. The zero-order valence-corrected chi connectivity index (χ0v) is 8.56. The third-order valence-electron chi connectivity index (χ3n) is 1.28. The van der Waals surface area contributed by atoms with E-state index in [-0.39, 0.29) is 16.0 Å². The molecule has 2 N–H and O–H groups in total. The predicted molar refractivity (Wildman–Crippen MR) is 47.7 cm³/mol. The summed E-state index contributed by atoms with van der Waals surface area (Å²) in [5.74, 6) is -0.819. The summed E-state index contributed by atoms with van der Waals surface area (Å²) in [4.78, 5) is 3.50.